The summed E-state index contributed by atoms with van der Waals surface area (Å²) >= 11 is 0. The molecule has 0 bridgehead atoms. The van der Waals surface area contributed by atoms with Crippen molar-refractivity contribution in [2.45, 2.75) is 0 Å². The van der Waals surface area contributed by atoms with Crippen LogP contribution >= 0.6 is 0 Å². The molecule has 0 unspecified atom stereocenters. The smallest absolute Gasteiger partial charge is 0.238 e. The average molecular weight is 665 g/mol. The Labute approximate surface area is 298 Å². The summed E-state index contributed by atoms with van der Waals surface area (Å²) in [5, 5.41) is 9.26. The van der Waals surface area contributed by atoms with Crippen LogP contribution in [-0.4, -0.2) is 19.5 Å². The van der Waals surface area contributed by atoms with E-state index in [4.69, 9.17) is 19.4 Å². The Kier molecular flexibility index (Phi) is 6.18. The number of furan rings is 1. The van der Waals surface area contributed by atoms with Crippen LogP contribution < -0.4 is 0 Å². The van der Waals surface area contributed by atoms with Crippen molar-refractivity contribution in [1.29, 1.82) is 0 Å². The van der Waals surface area contributed by atoms with Gasteiger partial charge in [-0.05, 0) is 51.4 Å². The molecule has 5 nitrogen and oxygen atoms in total. The number of hydrogen-bond acceptors (Lipinski definition) is 4. The van der Waals surface area contributed by atoms with Crippen LogP contribution in [-0.2, 0) is 0 Å². The maximum Gasteiger partial charge on any atom is 0.238 e. The molecule has 3 aromatic heterocycles. The molecule has 0 saturated heterocycles. The van der Waals surface area contributed by atoms with Crippen LogP contribution in [0.3, 0.4) is 0 Å². The molecule has 3 heterocycles. The van der Waals surface area contributed by atoms with Gasteiger partial charge in [0.15, 0.2) is 11.6 Å². The third-order valence-corrected chi connectivity index (χ3v) is 10.2. The summed E-state index contributed by atoms with van der Waals surface area (Å²) in [7, 11) is 0. The molecule has 0 radical (unpaired) electrons. The summed E-state index contributed by atoms with van der Waals surface area (Å²) in [6.45, 7) is 0. The van der Waals surface area contributed by atoms with Crippen molar-refractivity contribution in [2.75, 3.05) is 0 Å². The first kappa shape index (κ1) is 28.7. The molecular formula is C47H28N4O. The highest BCUT2D eigenvalue weighted by Gasteiger charge is 2.22. The van der Waals surface area contributed by atoms with Crippen molar-refractivity contribution in [3.05, 3.63) is 170 Å². The van der Waals surface area contributed by atoms with E-state index < -0.39 is 0 Å². The lowest BCUT2D eigenvalue weighted by Gasteiger charge is -2.13. The lowest BCUT2D eigenvalue weighted by molar-refractivity contribution is 0.669. The molecule has 0 spiro atoms. The van der Waals surface area contributed by atoms with E-state index in [1.807, 2.05) is 60.7 Å². The predicted octanol–water partition coefficient (Wildman–Crippen LogP) is 12.2. The fourth-order valence-electron chi connectivity index (χ4n) is 7.89. The van der Waals surface area contributed by atoms with Crippen LogP contribution in [0, 0.1) is 0 Å². The van der Waals surface area contributed by atoms with Gasteiger partial charge in [-0.2, -0.15) is 9.97 Å². The minimum Gasteiger partial charge on any atom is -0.456 e. The van der Waals surface area contributed by atoms with Gasteiger partial charge in [0.25, 0.3) is 0 Å². The highest BCUT2D eigenvalue weighted by Crippen LogP contribution is 2.43. The first-order valence-corrected chi connectivity index (χ1v) is 17.5. The van der Waals surface area contributed by atoms with E-state index in [9.17, 15) is 0 Å². The number of aromatic nitrogens is 4. The zero-order valence-corrected chi connectivity index (χ0v) is 27.9. The Balaban J connectivity index is 1.26. The Morgan fingerprint density at radius 3 is 1.71 bits per heavy atom. The topological polar surface area (TPSA) is 56.7 Å². The van der Waals surface area contributed by atoms with Crippen LogP contribution in [0.2, 0.25) is 0 Å². The lowest BCUT2D eigenvalue weighted by Crippen LogP contribution is -2.07. The van der Waals surface area contributed by atoms with E-state index in [0.29, 0.717) is 17.6 Å². The molecule has 0 fully saturated rings. The molecule has 0 amide bonds. The van der Waals surface area contributed by atoms with Crippen molar-refractivity contribution < 1.29 is 4.42 Å². The first-order valence-electron chi connectivity index (χ1n) is 17.5. The standard InChI is InChI=1S/C47H28N4O/c1-3-14-31(15-4-1)45-48-46(32-16-5-2-6-17-32)50-47(49-45)51-39-25-22-29-12-7-9-18-34(29)42(39)37-21-11-20-36(44(37)51)33-24-26-40-38(28-33)43-35-19-10-8-13-30(35)23-27-41(43)52-40/h1-28H. The number of rotatable bonds is 4. The van der Waals surface area contributed by atoms with Gasteiger partial charge in [-0.15, -0.1) is 0 Å². The Morgan fingerprint density at radius 2 is 1.00 bits per heavy atom. The second-order valence-electron chi connectivity index (χ2n) is 13.2. The quantitative estimate of drug-likeness (QED) is 0.188. The molecule has 0 saturated carbocycles. The van der Waals surface area contributed by atoms with Gasteiger partial charge in [0.05, 0.1) is 11.0 Å². The summed E-state index contributed by atoms with van der Waals surface area (Å²) in [5.74, 6) is 1.81. The van der Waals surface area contributed by atoms with E-state index in [1.165, 1.54) is 26.9 Å². The molecule has 52 heavy (non-hydrogen) atoms. The summed E-state index contributed by atoms with van der Waals surface area (Å²) in [6.07, 6.45) is 0. The molecule has 5 heteroatoms. The lowest BCUT2D eigenvalue weighted by atomic mass is 9.97. The van der Waals surface area contributed by atoms with Gasteiger partial charge in [-0.3, -0.25) is 4.57 Å². The normalized spacial score (nSPS) is 11.8. The van der Waals surface area contributed by atoms with Crippen LogP contribution in [0.4, 0.5) is 0 Å². The van der Waals surface area contributed by atoms with E-state index in [-0.39, 0.29) is 0 Å². The molecule has 0 atom stereocenters. The maximum absolute atomic E-state index is 6.41. The van der Waals surface area contributed by atoms with Gasteiger partial charge in [0, 0.05) is 38.2 Å². The van der Waals surface area contributed by atoms with Crippen LogP contribution in [0.5, 0.6) is 0 Å². The van der Waals surface area contributed by atoms with Gasteiger partial charge in [-0.25, -0.2) is 4.98 Å². The monoisotopic (exact) mass is 664 g/mol. The second kappa shape index (κ2) is 11.2. The van der Waals surface area contributed by atoms with Crippen molar-refractivity contribution in [3.63, 3.8) is 0 Å². The minimum absolute atomic E-state index is 0.566. The zero-order chi connectivity index (χ0) is 34.2. The Bertz CT molecular complexity index is 3120. The number of fused-ring (bicyclic) bond motifs is 10. The van der Waals surface area contributed by atoms with Crippen LogP contribution in [0.1, 0.15) is 0 Å². The first-order chi connectivity index (χ1) is 25.8. The van der Waals surface area contributed by atoms with Gasteiger partial charge < -0.3 is 4.42 Å². The number of benzene rings is 8. The Morgan fingerprint density at radius 1 is 0.404 bits per heavy atom. The highest BCUT2D eigenvalue weighted by atomic mass is 16.3. The van der Waals surface area contributed by atoms with Gasteiger partial charge >= 0.3 is 0 Å². The molecule has 0 N–H and O–H groups in total. The predicted molar refractivity (Wildman–Crippen MR) is 213 cm³/mol. The van der Waals surface area contributed by atoms with Crippen molar-refractivity contribution in [2.24, 2.45) is 0 Å². The van der Waals surface area contributed by atoms with E-state index in [0.717, 1.165) is 60.6 Å². The fraction of sp³-hybridized carbons (Fsp3) is 0. The average Bonchev–Trinajstić information content (AvgIpc) is 3.77. The molecule has 242 valence electrons. The SMILES string of the molecule is c1ccc(-c2nc(-c3ccccc3)nc(-n3c4ccc5ccccc5c4c4cccc(-c5ccc6oc7ccc8ccccc8c7c6c5)c43)n2)cc1. The molecule has 0 aliphatic carbocycles. The summed E-state index contributed by atoms with van der Waals surface area (Å²) in [5.41, 5.74) is 7.85. The summed E-state index contributed by atoms with van der Waals surface area (Å²) < 4.78 is 8.64. The van der Waals surface area contributed by atoms with Crippen molar-refractivity contribution >= 4 is 65.3 Å². The summed E-state index contributed by atoms with van der Waals surface area (Å²) in [6, 6.07) is 59.1. The van der Waals surface area contributed by atoms with Gasteiger partial charge in [0.1, 0.15) is 11.2 Å². The number of nitrogens with zero attached hydrogens (tertiary/aromatic N) is 4. The number of hydrogen-bond donors (Lipinski definition) is 0. The van der Waals surface area contributed by atoms with Crippen LogP contribution in [0.15, 0.2) is 174 Å². The molecule has 11 rings (SSSR count). The van der Waals surface area contributed by atoms with E-state index in [2.05, 4.69) is 114 Å². The third kappa shape index (κ3) is 4.33. The molecule has 0 aliphatic heterocycles. The van der Waals surface area contributed by atoms with Crippen LogP contribution in [0.25, 0.3) is 105 Å². The molecule has 11 aromatic rings. The van der Waals surface area contributed by atoms with Gasteiger partial charge in [-0.1, -0.05) is 146 Å². The molecule has 8 aromatic carbocycles. The highest BCUT2D eigenvalue weighted by molar-refractivity contribution is 6.24. The third-order valence-electron chi connectivity index (χ3n) is 10.2. The largest absolute Gasteiger partial charge is 0.456 e. The number of para-hydroxylation sites is 1. The Hall–Kier alpha value is -7.11. The maximum atomic E-state index is 6.41. The fourth-order valence-corrected chi connectivity index (χ4v) is 7.89. The van der Waals surface area contributed by atoms with Gasteiger partial charge in [0.2, 0.25) is 5.95 Å². The van der Waals surface area contributed by atoms with Crippen molar-refractivity contribution in [3.8, 4) is 39.9 Å². The van der Waals surface area contributed by atoms with E-state index in [1.54, 1.807) is 0 Å². The zero-order valence-electron chi connectivity index (χ0n) is 27.9. The van der Waals surface area contributed by atoms with Crippen molar-refractivity contribution in [1.82, 2.24) is 19.5 Å². The molecule has 0 aliphatic rings. The second-order valence-corrected chi connectivity index (χ2v) is 13.2. The summed E-state index contributed by atoms with van der Waals surface area (Å²) in [4.78, 5) is 15.5. The van der Waals surface area contributed by atoms with E-state index >= 15 is 0 Å². The molecular weight excluding hydrogens is 637 g/mol. The minimum atomic E-state index is 0.566.